The molecule has 0 fully saturated rings. The molecule has 5 aromatic carbocycles. The van der Waals surface area contributed by atoms with Gasteiger partial charge in [-0.05, 0) is 102 Å². The van der Waals surface area contributed by atoms with Crippen molar-refractivity contribution in [3.63, 3.8) is 0 Å². The zero-order valence-electron chi connectivity index (χ0n) is 43.3. The van der Waals surface area contributed by atoms with E-state index in [-0.39, 0.29) is 75.7 Å². The van der Waals surface area contributed by atoms with Crippen LogP contribution in [0.4, 0.5) is 0 Å². The second-order valence-electron chi connectivity index (χ2n) is 21.5. The maximum atomic E-state index is 10.3. The van der Waals surface area contributed by atoms with Crippen LogP contribution in [0.15, 0.2) is 84.9 Å². The third kappa shape index (κ3) is 14.7. The van der Waals surface area contributed by atoms with Gasteiger partial charge in [-0.3, -0.25) is 0 Å². The zero-order valence-corrected chi connectivity index (χ0v) is 43.3. The minimum atomic E-state index is -0.531. The highest BCUT2D eigenvalue weighted by Gasteiger charge is 2.29. The smallest absolute Gasteiger partial charge is 0.126 e. The summed E-state index contributed by atoms with van der Waals surface area (Å²) in [5.74, 6) is 3.42. The molecule has 0 aliphatic heterocycles. The van der Waals surface area contributed by atoms with E-state index >= 15 is 0 Å². The second kappa shape index (κ2) is 24.1. The Morgan fingerprint density at radius 2 is 0.681 bits per heavy atom. The van der Waals surface area contributed by atoms with E-state index in [1.54, 1.807) is 0 Å². The highest BCUT2D eigenvalue weighted by Crippen LogP contribution is 2.43. The topological polar surface area (TPSA) is 147 Å². The lowest BCUT2D eigenvalue weighted by atomic mass is 9.76. The number of ether oxygens (including phenoxy) is 5. The van der Waals surface area contributed by atoms with E-state index in [1.807, 2.05) is 24.3 Å². The van der Waals surface area contributed by atoms with Gasteiger partial charge in [0.2, 0.25) is 0 Å². The predicted molar refractivity (Wildman–Crippen MR) is 276 cm³/mol. The van der Waals surface area contributed by atoms with Crippen LogP contribution in [0.25, 0.3) is 0 Å². The fraction of sp³-hybridized carbons (Fsp3) is 0.492. The van der Waals surface area contributed by atoms with Gasteiger partial charge in [0.05, 0.1) is 33.0 Å². The molecule has 0 saturated heterocycles. The second-order valence-corrected chi connectivity index (χ2v) is 21.5. The maximum Gasteiger partial charge on any atom is 0.126 e. The van der Waals surface area contributed by atoms with Crippen molar-refractivity contribution in [3.05, 3.63) is 146 Å². The van der Waals surface area contributed by atoms with E-state index in [1.165, 1.54) is 5.56 Å². The van der Waals surface area contributed by atoms with Crippen LogP contribution in [-0.4, -0.2) is 91.6 Å². The van der Waals surface area contributed by atoms with Crippen molar-refractivity contribution in [1.29, 1.82) is 0 Å². The fourth-order valence-corrected chi connectivity index (χ4v) is 8.46. The van der Waals surface area contributed by atoms with Gasteiger partial charge >= 0.3 is 0 Å². The van der Waals surface area contributed by atoms with Gasteiger partial charge in [-0.25, -0.2) is 0 Å². The van der Waals surface area contributed by atoms with Crippen molar-refractivity contribution < 1.29 is 49.2 Å². The number of hydrogen-bond acceptors (Lipinski definition) is 10. The summed E-state index contributed by atoms with van der Waals surface area (Å²) in [6, 6.07) is 29.4. The first-order valence-corrected chi connectivity index (χ1v) is 24.5. The van der Waals surface area contributed by atoms with Crippen molar-refractivity contribution in [2.45, 2.75) is 124 Å². The minimum absolute atomic E-state index is 0.0320. The van der Waals surface area contributed by atoms with Gasteiger partial charge in [0.1, 0.15) is 55.2 Å². The normalized spacial score (nSPS) is 12.3. The molecule has 0 bridgehead atoms. The van der Waals surface area contributed by atoms with Gasteiger partial charge in [-0.2, -0.15) is 0 Å². The van der Waals surface area contributed by atoms with Crippen LogP contribution in [-0.2, 0) is 40.9 Å². The first-order valence-electron chi connectivity index (χ1n) is 24.5. The van der Waals surface area contributed by atoms with Gasteiger partial charge < -0.3 is 49.2 Å². The van der Waals surface area contributed by atoms with E-state index in [0.29, 0.717) is 55.3 Å². The summed E-state index contributed by atoms with van der Waals surface area (Å²) in [6.07, 6.45) is 1.82. The number of rotatable bonds is 24. The molecule has 376 valence electrons. The van der Waals surface area contributed by atoms with Crippen molar-refractivity contribution >= 4 is 0 Å². The predicted octanol–water partition coefficient (Wildman–Crippen LogP) is 9.92. The molecular weight excluding hydrogens is 869 g/mol. The first kappa shape index (κ1) is 54.8. The van der Waals surface area contributed by atoms with Gasteiger partial charge in [-0.1, -0.05) is 137 Å². The van der Waals surface area contributed by atoms with Gasteiger partial charge in [0.15, 0.2) is 0 Å². The Bertz CT molecular complexity index is 2420. The quantitative estimate of drug-likeness (QED) is 0.0379. The number of benzene rings is 5. The Labute approximate surface area is 412 Å². The number of hydrogen-bond donors (Lipinski definition) is 5. The Morgan fingerprint density at radius 1 is 0.333 bits per heavy atom. The molecule has 0 atom stereocenters. The average Bonchev–Trinajstić information content (AvgIpc) is 3.29. The molecule has 0 radical (unpaired) electrons. The Morgan fingerprint density at radius 3 is 1.09 bits per heavy atom. The summed E-state index contributed by atoms with van der Waals surface area (Å²) in [5, 5.41) is 49.4. The fourth-order valence-electron chi connectivity index (χ4n) is 8.46. The third-order valence-corrected chi connectivity index (χ3v) is 12.6. The van der Waals surface area contributed by atoms with Gasteiger partial charge in [0, 0.05) is 37.7 Å². The van der Waals surface area contributed by atoms with E-state index in [9.17, 15) is 25.5 Å². The molecule has 0 spiro atoms. The first-order chi connectivity index (χ1) is 32.6. The Balaban J connectivity index is 1.81. The SMILES string of the molecule is CC(C)(C)c1ccc(OCCO)c(Cc2cc(C(C)(C)c3ccc(OCCO)cc3)cc(Cc3cc(C(C)(C)C)cc(Cc4cc(C(C)(C)C)ccc4OCCCO)c3OCCO)c2OCCO)c1. The number of aliphatic hydroxyl groups is 5. The molecule has 5 N–H and O–H groups in total. The zero-order chi connectivity index (χ0) is 50.6. The Hall–Kier alpha value is -5.10. The van der Waals surface area contributed by atoms with Crippen LogP contribution in [0, 0.1) is 0 Å². The molecule has 5 rings (SSSR count). The highest BCUT2D eigenvalue weighted by atomic mass is 16.5. The molecule has 0 aliphatic carbocycles. The molecule has 0 aromatic heterocycles. The van der Waals surface area contributed by atoms with Crippen molar-refractivity contribution in [1.82, 2.24) is 0 Å². The lowest BCUT2D eigenvalue weighted by Crippen LogP contribution is -2.21. The largest absolute Gasteiger partial charge is 0.493 e. The molecule has 0 unspecified atom stereocenters. The minimum Gasteiger partial charge on any atom is -0.493 e. The monoisotopic (exact) mass is 949 g/mol. The summed E-state index contributed by atoms with van der Waals surface area (Å²) >= 11 is 0. The molecule has 69 heavy (non-hydrogen) atoms. The molecule has 0 saturated carbocycles. The molecule has 5 aromatic rings. The van der Waals surface area contributed by atoms with Gasteiger partial charge in [-0.15, -0.1) is 0 Å². The Kier molecular flexibility index (Phi) is 19.2. The van der Waals surface area contributed by atoms with Crippen LogP contribution < -0.4 is 23.7 Å². The molecule has 0 aliphatic rings. The summed E-state index contributed by atoms with van der Waals surface area (Å²) in [6.45, 7) is 24.5. The molecule has 0 amide bonds. The van der Waals surface area contributed by atoms with E-state index in [2.05, 4.69) is 137 Å². The molecule has 0 heterocycles. The lowest BCUT2D eigenvalue weighted by molar-refractivity contribution is 0.197. The van der Waals surface area contributed by atoms with Crippen molar-refractivity contribution in [3.8, 4) is 28.7 Å². The molecule has 10 heteroatoms. The van der Waals surface area contributed by atoms with Crippen LogP contribution in [0.5, 0.6) is 28.7 Å². The van der Waals surface area contributed by atoms with Crippen molar-refractivity contribution in [2.24, 2.45) is 0 Å². The third-order valence-electron chi connectivity index (χ3n) is 12.6. The summed E-state index contributed by atoms with van der Waals surface area (Å²) in [4.78, 5) is 0. The molecular formula is C59H80O10. The average molecular weight is 949 g/mol. The maximum absolute atomic E-state index is 10.3. The van der Waals surface area contributed by atoms with Gasteiger partial charge in [0.25, 0.3) is 0 Å². The lowest BCUT2D eigenvalue weighted by Gasteiger charge is -2.30. The summed E-state index contributed by atoms with van der Waals surface area (Å²) in [5.41, 5.74) is 10.0. The summed E-state index contributed by atoms with van der Waals surface area (Å²) < 4.78 is 31.6. The van der Waals surface area contributed by atoms with Crippen LogP contribution in [0.3, 0.4) is 0 Å². The number of aliphatic hydroxyl groups excluding tert-OH is 5. The van der Waals surface area contributed by atoms with Crippen LogP contribution >= 0.6 is 0 Å². The van der Waals surface area contributed by atoms with E-state index in [4.69, 9.17) is 23.7 Å². The summed E-state index contributed by atoms with van der Waals surface area (Å²) in [7, 11) is 0. The highest BCUT2D eigenvalue weighted by molar-refractivity contribution is 5.58. The van der Waals surface area contributed by atoms with Crippen LogP contribution in [0.1, 0.15) is 144 Å². The van der Waals surface area contributed by atoms with Crippen molar-refractivity contribution in [2.75, 3.05) is 66.1 Å². The van der Waals surface area contributed by atoms with E-state index < -0.39 is 5.41 Å². The van der Waals surface area contributed by atoms with E-state index in [0.717, 1.165) is 61.4 Å². The molecule has 10 nitrogen and oxygen atoms in total. The standard InChI is InChI=1S/C59H80O10/c1-56(2,3)47-15-19-52(66-26-12-21-60)40(34-47)31-42-36-49(58(7,8)9)37-44(54(42)68-29-24-63)33-45-39-50(59(10,11)46-13-17-51(18-14-46)65-27-22-61)38-43(55(45)69-30-25-64)32-41-35-48(57(4,5)6)16-20-53(41)67-28-23-62/h13-20,34-39,60-64H,12,21-33H2,1-11H3. The van der Waals surface area contributed by atoms with Crippen LogP contribution in [0.2, 0.25) is 0 Å².